The van der Waals surface area contributed by atoms with Crippen LogP contribution in [0, 0.1) is 0 Å². The Morgan fingerprint density at radius 2 is 2.39 bits per heavy atom. The molecule has 8 nitrogen and oxygen atoms in total. The standard InChI is InChI=1S/C10H14N6O2/c1-6(17-2)9-12-10(18-14-9)8-5-16(15-13-8)7-3-11-4-7/h5-7,11H,3-4H2,1-2H3. The quantitative estimate of drug-likeness (QED) is 0.827. The molecule has 1 N–H and O–H groups in total. The molecule has 2 aromatic rings. The highest BCUT2D eigenvalue weighted by atomic mass is 16.5. The summed E-state index contributed by atoms with van der Waals surface area (Å²) in [5.74, 6) is 0.875. The van der Waals surface area contributed by atoms with E-state index < -0.39 is 0 Å². The predicted octanol–water partition coefficient (Wildman–Crippen LogP) is 0.180. The number of ether oxygens (including phenoxy) is 1. The molecule has 0 bridgehead atoms. The van der Waals surface area contributed by atoms with E-state index >= 15 is 0 Å². The highest BCUT2D eigenvalue weighted by molar-refractivity contribution is 5.43. The fraction of sp³-hybridized carbons (Fsp3) is 0.600. The van der Waals surface area contributed by atoms with E-state index in [2.05, 4.69) is 25.8 Å². The molecule has 0 aliphatic carbocycles. The molecule has 0 radical (unpaired) electrons. The number of hydrogen-bond acceptors (Lipinski definition) is 7. The summed E-state index contributed by atoms with van der Waals surface area (Å²) in [6.45, 7) is 3.68. The van der Waals surface area contributed by atoms with Crippen LogP contribution in [0.3, 0.4) is 0 Å². The summed E-state index contributed by atoms with van der Waals surface area (Å²) in [6, 6.07) is 0.367. The van der Waals surface area contributed by atoms with Gasteiger partial charge in [0.1, 0.15) is 6.10 Å². The van der Waals surface area contributed by atoms with Gasteiger partial charge in [-0.15, -0.1) is 5.10 Å². The lowest BCUT2D eigenvalue weighted by atomic mass is 10.2. The number of nitrogens with one attached hydrogen (secondary N) is 1. The molecule has 0 aromatic carbocycles. The lowest BCUT2D eigenvalue weighted by Gasteiger charge is -2.26. The molecular weight excluding hydrogens is 236 g/mol. The van der Waals surface area contributed by atoms with Gasteiger partial charge in [0, 0.05) is 20.2 Å². The topological polar surface area (TPSA) is 90.9 Å². The predicted molar refractivity (Wildman–Crippen MR) is 60.6 cm³/mol. The molecule has 1 saturated heterocycles. The minimum Gasteiger partial charge on any atom is -0.374 e. The highest BCUT2D eigenvalue weighted by Crippen LogP contribution is 2.19. The third kappa shape index (κ3) is 1.89. The van der Waals surface area contributed by atoms with Crippen molar-refractivity contribution in [2.75, 3.05) is 20.2 Å². The van der Waals surface area contributed by atoms with E-state index in [0.29, 0.717) is 23.5 Å². The molecule has 0 amide bonds. The van der Waals surface area contributed by atoms with E-state index in [0.717, 1.165) is 13.1 Å². The monoisotopic (exact) mass is 250 g/mol. The molecule has 1 unspecified atom stereocenters. The van der Waals surface area contributed by atoms with Crippen molar-refractivity contribution in [3.63, 3.8) is 0 Å². The average Bonchev–Trinajstić information content (AvgIpc) is 2.93. The zero-order valence-electron chi connectivity index (χ0n) is 10.2. The van der Waals surface area contributed by atoms with Gasteiger partial charge >= 0.3 is 0 Å². The molecule has 1 fully saturated rings. The van der Waals surface area contributed by atoms with Crippen LogP contribution in [0.2, 0.25) is 0 Å². The van der Waals surface area contributed by atoms with Crippen LogP contribution in [0.5, 0.6) is 0 Å². The summed E-state index contributed by atoms with van der Waals surface area (Å²) in [4.78, 5) is 4.23. The third-order valence-electron chi connectivity index (χ3n) is 3.02. The summed E-state index contributed by atoms with van der Waals surface area (Å²) in [5, 5.41) is 15.1. The van der Waals surface area contributed by atoms with Crippen LogP contribution in [0.15, 0.2) is 10.7 Å². The maximum atomic E-state index is 5.15. The van der Waals surface area contributed by atoms with Crippen molar-refractivity contribution in [3.8, 4) is 11.6 Å². The summed E-state index contributed by atoms with van der Waals surface area (Å²) >= 11 is 0. The van der Waals surface area contributed by atoms with Crippen LogP contribution >= 0.6 is 0 Å². The molecule has 1 aliphatic heterocycles. The Kier molecular flexibility index (Phi) is 2.80. The lowest BCUT2D eigenvalue weighted by molar-refractivity contribution is 0.109. The van der Waals surface area contributed by atoms with Gasteiger partial charge in [0.25, 0.3) is 5.89 Å². The van der Waals surface area contributed by atoms with Crippen LogP contribution in [-0.4, -0.2) is 45.3 Å². The van der Waals surface area contributed by atoms with Crippen LogP contribution in [-0.2, 0) is 4.74 Å². The molecule has 3 rings (SSSR count). The fourth-order valence-corrected chi connectivity index (χ4v) is 1.62. The average molecular weight is 250 g/mol. The number of nitrogens with zero attached hydrogens (tertiary/aromatic N) is 5. The Hall–Kier alpha value is -1.80. The largest absolute Gasteiger partial charge is 0.374 e. The Morgan fingerprint density at radius 3 is 3.06 bits per heavy atom. The summed E-state index contributed by atoms with van der Waals surface area (Å²) in [6.07, 6.45) is 1.62. The molecule has 0 spiro atoms. The van der Waals surface area contributed by atoms with Crippen molar-refractivity contribution < 1.29 is 9.26 Å². The van der Waals surface area contributed by atoms with Crippen molar-refractivity contribution in [3.05, 3.63) is 12.0 Å². The van der Waals surface area contributed by atoms with Gasteiger partial charge in [-0.3, -0.25) is 0 Å². The molecule has 1 atom stereocenters. The van der Waals surface area contributed by atoms with Gasteiger partial charge < -0.3 is 14.6 Å². The van der Waals surface area contributed by atoms with Gasteiger partial charge in [-0.05, 0) is 6.92 Å². The summed E-state index contributed by atoms with van der Waals surface area (Å²) in [7, 11) is 1.60. The Labute approximate surface area is 103 Å². The van der Waals surface area contributed by atoms with Gasteiger partial charge in [0.2, 0.25) is 5.82 Å². The zero-order chi connectivity index (χ0) is 12.5. The Morgan fingerprint density at radius 1 is 1.56 bits per heavy atom. The van der Waals surface area contributed by atoms with E-state index in [4.69, 9.17) is 9.26 Å². The van der Waals surface area contributed by atoms with Crippen LogP contribution < -0.4 is 5.32 Å². The first-order valence-corrected chi connectivity index (χ1v) is 5.77. The first kappa shape index (κ1) is 11.3. The van der Waals surface area contributed by atoms with Gasteiger partial charge in [-0.1, -0.05) is 10.4 Å². The highest BCUT2D eigenvalue weighted by Gasteiger charge is 2.22. The van der Waals surface area contributed by atoms with Crippen LogP contribution in [0.4, 0.5) is 0 Å². The van der Waals surface area contributed by atoms with Gasteiger partial charge in [-0.25, -0.2) is 4.68 Å². The van der Waals surface area contributed by atoms with Gasteiger partial charge in [0.15, 0.2) is 5.69 Å². The van der Waals surface area contributed by atoms with E-state index in [9.17, 15) is 0 Å². The first-order valence-electron chi connectivity index (χ1n) is 5.77. The molecule has 96 valence electrons. The van der Waals surface area contributed by atoms with Crippen LogP contribution in [0.1, 0.15) is 24.9 Å². The second-order valence-corrected chi connectivity index (χ2v) is 4.23. The van der Waals surface area contributed by atoms with Crippen LogP contribution in [0.25, 0.3) is 11.6 Å². The maximum absolute atomic E-state index is 5.15. The lowest BCUT2D eigenvalue weighted by Crippen LogP contribution is -2.43. The fourth-order valence-electron chi connectivity index (χ4n) is 1.62. The molecule has 18 heavy (non-hydrogen) atoms. The maximum Gasteiger partial charge on any atom is 0.280 e. The Balaban J connectivity index is 1.81. The molecule has 2 aromatic heterocycles. The minimum absolute atomic E-state index is 0.201. The van der Waals surface area contributed by atoms with Crippen molar-refractivity contribution >= 4 is 0 Å². The molecule has 1 aliphatic rings. The third-order valence-corrected chi connectivity index (χ3v) is 3.02. The van der Waals surface area contributed by atoms with Crippen molar-refractivity contribution in [1.82, 2.24) is 30.5 Å². The summed E-state index contributed by atoms with van der Waals surface area (Å²) < 4.78 is 12.1. The second-order valence-electron chi connectivity index (χ2n) is 4.23. The summed E-state index contributed by atoms with van der Waals surface area (Å²) in [5.41, 5.74) is 0.587. The molecule has 8 heteroatoms. The second kappa shape index (κ2) is 4.46. The van der Waals surface area contributed by atoms with E-state index in [1.54, 1.807) is 7.11 Å². The molecule has 0 saturated carbocycles. The number of methoxy groups -OCH3 is 1. The van der Waals surface area contributed by atoms with Crippen molar-refractivity contribution in [2.24, 2.45) is 0 Å². The van der Waals surface area contributed by atoms with E-state index in [-0.39, 0.29) is 6.10 Å². The zero-order valence-corrected chi connectivity index (χ0v) is 10.2. The SMILES string of the molecule is COC(C)c1noc(-c2cn(C3CNC3)nn2)n1. The van der Waals surface area contributed by atoms with Crippen molar-refractivity contribution in [1.29, 1.82) is 0 Å². The normalized spacial score (nSPS) is 17.7. The number of rotatable bonds is 4. The molecular formula is C10H14N6O2. The smallest absolute Gasteiger partial charge is 0.280 e. The number of aromatic nitrogens is 5. The van der Waals surface area contributed by atoms with Gasteiger partial charge in [-0.2, -0.15) is 4.98 Å². The van der Waals surface area contributed by atoms with Crippen molar-refractivity contribution in [2.45, 2.75) is 19.1 Å². The van der Waals surface area contributed by atoms with Gasteiger partial charge in [0.05, 0.1) is 12.2 Å². The Bertz CT molecular complexity index is 491. The minimum atomic E-state index is -0.201. The van der Waals surface area contributed by atoms with E-state index in [1.165, 1.54) is 0 Å². The van der Waals surface area contributed by atoms with E-state index in [1.807, 2.05) is 17.8 Å². The molecule has 3 heterocycles. The number of hydrogen-bond donors (Lipinski definition) is 1. The first-order chi connectivity index (χ1) is 8.78.